The Hall–Kier alpha value is -1.26. The topological polar surface area (TPSA) is 58.6 Å². The van der Waals surface area contributed by atoms with Crippen molar-refractivity contribution in [2.24, 2.45) is 17.8 Å². The van der Waals surface area contributed by atoms with E-state index in [1.807, 2.05) is 11.9 Å². The maximum absolute atomic E-state index is 12.6. The average molecular weight is 308 g/mol. The molecule has 0 heterocycles. The molecule has 0 aromatic carbocycles. The number of nitrogens with zero attached hydrogens (tertiary/aromatic N) is 1. The van der Waals surface area contributed by atoms with Crippen molar-refractivity contribution in [2.45, 2.75) is 64.0 Å². The maximum Gasteiger partial charge on any atom is 0.328 e. The van der Waals surface area contributed by atoms with Crippen molar-refractivity contribution in [3.05, 3.63) is 0 Å². The highest BCUT2D eigenvalue weighted by atomic mass is 16.5. The first kappa shape index (κ1) is 15.6. The lowest BCUT2D eigenvalue weighted by Crippen LogP contribution is -2.62. The summed E-state index contributed by atoms with van der Waals surface area (Å²) in [6.45, 7) is 3.79. The summed E-state index contributed by atoms with van der Waals surface area (Å²) in [4.78, 5) is 26.2. The molecule has 5 heteroatoms. The Labute approximate surface area is 132 Å². The molecule has 124 valence electrons. The molecule has 22 heavy (non-hydrogen) atoms. The largest absolute Gasteiger partial charge is 0.464 e. The van der Waals surface area contributed by atoms with Gasteiger partial charge in [-0.15, -0.1) is 0 Å². The van der Waals surface area contributed by atoms with Crippen LogP contribution in [0.15, 0.2) is 0 Å². The number of hydrogen-bond acceptors (Lipinski definition) is 3. The second kappa shape index (κ2) is 5.74. The van der Waals surface area contributed by atoms with Gasteiger partial charge < -0.3 is 15.0 Å². The van der Waals surface area contributed by atoms with Gasteiger partial charge in [-0.05, 0) is 70.1 Å². The molecule has 0 aromatic heterocycles. The highest BCUT2D eigenvalue weighted by molar-refractivity contribution is 5.83. The summed E-state index contributed by atoms with van der Waals surface area (Å²) >= 11 is 0. The zero-order valence-electron chi connectivity index (χ0n) is 13.9. The van der Waals surface area contributed by atoms with Crippen molar-refractivity contribution in [1.82, 2.24) is 10.2 Å². The van der Waals surface area contributed by atoms with Crippen LogP contribution < -0.4 is 5.32 Å². The highest BCUT2D eigenvalue weighted by Gasteiger charge is 2.53. The Kier molecular flexibility index (Phi) is 4.08. The van der Waals surface area contributed by atoms with Crippen LogP contribution in [-0.4, -0.2) is 42.1 Å². The van der Waals surface area contributed by atoms with Crippen LogP contribution in [0.3, 0.4) is 0 Å². The Bertz CT molecular complexity index is 428. The molecular weight excluding hydrogens is 280 g/mol. The van der Waals surface area contributed by atoms with Gasteiger partial charge in [0.25, 0.3) is 0 Å². The van der Waals surface area contributed by atoms with E-state index in [-0.39, 0.29) is 17.5 Å². The third kappa shape index (κ3) is 2.70. The van der Waals surface area contributed by atoms with E-state index in [1.54, 1.807) is 13.8 Å². The lowest BCUT2D eigenvalue weighted by Gasteiger charge is -2.59. The summed E-state index contributed by atoms with van der Waals surface area (Å²) < 4.78 is 4.96. The predicted molar refractivity (Wildman–Crippen MR) is 83.3 cm³/mol. The van der Waals surface area contributed by atoms with Crippen molar-refractivity contribution in [2.75, 3.05) is 13.7 Å². The zero-order valence-corrected chi connectivity index (χ0v) is 13.9. The molecule has 4 saturated carbocycles. The van der Waals surface area contributed by atoms with Crippen LogP contribution in [0.1, 0.15) is 52.4 Å². The second-order valence-corrected chi connectivity index (χ2v) is 7.62. The SMILES string of the molecule is CCOC(=O)[C@H](C)NC(=O)N(C)C12CC3CC(CC(C3)C1)C2. The first-order chi connectivity index (χ1) is 10.4. The van der Waals surface area contributed by atoms with Crippen LogP contribution in [0.25, 0.3) is 0 Å². The number of urea groups is 1. The number of amides is 2. The minimum atomic E-state index is -0.594. The van der Waals surface area contributed by atoms with Crippen LogP contribution in [0, 0.1) is 17.8 Å². The van der Waals surface area contributed by atoms with Gasteiger partial charge >= 0.3 is 12.0 Å². The number of ether oxygens (including phenoxy) is 1. The molecule has 4 aliphatic carbocycles. The minimum absolute atomic E-state index is 0.0210. The monoisotopic (exact) mass is 308 g/mol. The summed E-state index contributed by atoms with van der Waals surface area (Å²) in [5.74, 6) is 2.02. The number of hydrogen-bond donors (Lipinski definition) is 1. The van der Waals surface area contributed by atoms with Crippen molar-refractivity contribution < 1.29 is 14.3 Å². The van der Waals surface area contributed by atoms with E-state index in [1.165, 1.54) is 19.3 Å². The van der Waals surface area contributed by atoms with Crippen LogP contribution in [0.4, 0.5) is 4.79 Å². The minimum Gasteiger partial charge on any atom is -0.464 e. The van der Waals surface area contributed by atoms with Crippen LogP contribution in [-0.2, 0) is 9.53 Å². The summed E-state index contributed by atoms with van der Waals surface area (Å²) in [5, 5.41) is 2.80. The van der Waals surface area contributed by atoms with Gasteiger partial charge in [0.05, 0.1) is 6.61 Å². The van der Waals surface area contributed by atoms with Crippen LogP contribution >= 0.6 is 0 Å². The summed E-state index contributed by atoms with van der Waals surface area (Å²) in [6.07, 6.45) is 7.47. The fourth-order valence-corrected chi connectivity index (χ4v) is 5.30. The van der Waals surface area contributed by atoms with Crippen LogP contribution in [0.2, 0.25) is 0 Å². The number of carbonyl (C=O) groups excluding carboxylic acids is 2. The second-order valence-electron chi connectivity index (χ2n) is 7.62. The molecule has 4 rings (SSSR count). The normalized spacial score (nSPS) is 36.8. The number of esters is 1. The van der Waals surface area contributed by atoms with Crippen molar-refractivity contribution in [1.29, 1.82) is 0 Å². The molecule has 1 atom stereocenters. The smallest absolute Gasteiger partial charge is 0.328 e. The summed E-state index contributed by atoms with van der Waals surface area (Å²) in [7, 11) is 1.90. The fraction of sp³-hybridized carbons (Fsp3) is 0.882. The predicted octanol–water partition coefficient (Wildman–Crippen LogP) is 2.55. The van der Waals surface area contributed by atoms with E-state index in [0.29, 0.717) is 6.61 Å². The van der Waals surface area contributed by atoms with Gasteiger partial charge in [-0.3, -0.25) is 0 Å². The van der Waals surface area contributed by atoms with E-state index in [0.717, 1.165) is 37.0 Å². The Morgan fingerprint density at radius 1 is 1.18 bits per heavy atom. The molecule has 0 radical (unpaired) electrons. The van der Waals surface area contributed by atoms with Gasteiger partial charge in [-0.2, -0.15) is 0 Å². The lowest BCUT2D eigenvalue weighted by molar-refractivity contribution is -0.145. The highest BCUT2D eigenvalue weighted by Crippen LogP contribution is 2.57. The van der Waals surface area contributed by atoms with Crippen molar-refractivity contribution >= 4 is 12.0 Å². The molecule has 4 bridgehead atoms. The van der Waals surface area contributed by atoms with E-state index < -0.39 is 6.04 Å². The molecule has 0 spiro atoms. The Morgan fingerprint density at radius 3 is 2.14 bits per heavy atom. The van der Waals surface area contributed by atoms with E-state index in [2.05, 4.69) is 5.32 Å². The van der Waals surface area contributed by atoms with Gasteiger partial charge in [0.15, 0.2) is 0 Å². The first-order valence-corrected chi connectivity index (χ1v) is 8.64. The number of carbonyl (C=O) groups is 2. The van der Waals surface area contributed by atoms with E-state index >= 15 is 0 Å². The van der Waals surface area contributed by atoms with Gasteiger partial charge in [-0.25, -0.2) is 9.59 Å². The van der Waals surface area contributed by atoms with E-state index in [9.17, 15) is 9.59 Å². The lowest BCUT2D eigenvalue weighted by atomic mass is 9.52. The van der Waals surface area contributed by atoms with Gasteiger partial charge in [0.1, 0.15) is 6.04 Å². The fourth-order valence-electron chi connectivity index (χ4n) is 5.30. The molecule has 5 nitrogen and oxygen atoms in total. The molecule has 0 aliphatic heterocycles. The average Bonchev–Trinajstić information content (AvgIpc) is 2.45. The molecular formula is C17H28N2O3. The van der Waals surface area contributed by atoms with Crippen molar-refractivity contribution in [3.8, 4) is 0 Å². The molecule has 4 fully saturated rings. The number of rotatable bonds is 4. The quantitative estimate of drug-likeness (QED) is 0.812. The van der Waals surface area contributed by atoms with Gasteiger partial charge in [0.2, 0.25) is 0 Å². The molecule has 0 unspecified atom stereocenters. The van der Waals surface area contributed by atoms with E-state index in [4.69, 9.17) is 4.74 Å². The molecule has 0 saturated heterocycles. The standard InChI is InChI=1S/C17H28N2O3/c1-4-22-15(20)11(2)18-16(21)19(3)17-8-12-5-13(9-17)7-14(6-12)10-17/h11-14H,4-10H2,1-3H3,(H,18,21)/t11-,12?,13?,14?,17?/m0/s1. The molecule has 4 aliphatic rings. The maximum atomic E-state index is 12.6. The molecule has 0 aromatic rings. The van der Waals surface area contributed by atoms with Crippen molar-refractivity contribution in [3.63, 3.8) is 0 Å². The van der Waals surface area contributed by atoms with Crippen LogP contribution in [0.5, 0.6) is 0 Å². The Morgan fingerprint density at radius 2 is 1.68 bits per heavy atom. The van der Waals surface area contributed by atoms with Gasteiger partial charge in [-0.1, -0.05) is 0 Å². The third-order valence-corrected chi connectivity index (χ3v) is 6.00. The first-order valence-electron chi connectivity index (χ1n) is 8.64. The summed E-state index contributed by atoms with van der Waals surface area (Å²) in [6, 6.07) is -0.730. The third-order valence-electron chi connectivity index (χ3n) is 6.00. The zero-order chi connectivity index (χ0) is 15.9. The summed E-state index contributed by atoms with van der Waals surface area (Å²) in [5.41, 5.74) is 0.0210. The molecule has 2 amide bonds. The Balaban J connectivity index is 1.64. The van der Waals surface area contributed by atoms with Gasteiger partial charge in [0, 0.05) is 12.6 Å². The number of nitrogens with one attached hydrogen (secondary N) is 1. The molecule has 1 N–H and O–H groups in total.